The third-order valence-corrected chi connectivity index (χ3v) is 24.9. The van der Waals surface area contributed by atoms with E-state index in [2.05, 4.69) is 354 Å². The minimum absolute atomic E-state index is 0. The zero-order valence-corrected chi connectivity index (χ0v) is 64.9. The van der Waals surface area contributed by atoms with Crippen molar-refractivity contribution in [2.45, 2.75) is 104 Å². The predicted octanol–water partition coefficient (Wildman–Crippen LogP) is 24.6. The Morgan fingerprint density at radius 1 is 0.257 bits per heavy atom. The molecule has 3 aromatic heterocycles. The zero-order chi connectivity index (χ0) is 76.4. The lowest BCUT2D eigenvalue weighted by atomic mass is 9.66. The lowest BCUT2D eigenvalue weighted by molar-refractivity contribution is 0.00578. The van der Waals surface area contributed by atoms with Crippen LogP contribution in [-0.2, 0) is 25.6 Å². The highest BCUT2D eigenvalue weighted by molar-refractivity contribution is 6.62. The number of aromatic nitrogens is 4. The van der Waals surface area contributed by atoms with Crippen LogP contribution in [0.3, 0.4) is 0 Å². The molecule has 4 heterocycles. The maximum absolute atomic E-state index is 6.48. The smallest absolute Gasteiger partial charge is 0.399 e. The second-order valence-corrected chi connectivity index (χ2v) is 32.2. The first-order valence-corrected chi connectivity index (χ1v) is 39.1. The lowest BCUT2D eigenvalue weighted by Gasteiger charge is -2.34. The van der Waals surface area contributed by atoms with Gasteiger partial charge < -0.3 is 9.31 Å². The molecule has 4 aliphatic rings. The molecule has 1 fully saturated rings. The minimum Gasteiger partial charge on any atom is -0.399 e. The summed E-state index contributed by atoms with van der Waals surface area (Å²) in [6, 6.07) is 119. The van der Waals surface area contributed by atoms with Gasteiger partial charge in [0.15, 0.2) is 0 Å². The van der Waals surface area contributed by atoms with Gasteiger partial charge in [-0.1, -0.05) is 326 Å². The highest BCUT2D eigenvalue weighted by Gasteiger charge is 2.54. The molecule has 0 saturated carbocycles. The van der Waals surface area contributed by atoms with Gasteiger partial charge in [0.2, 0.25) is 0 Å². The Kier molecular flexibility index (Phi) is 17.7. The third kappa shape index (κ3) is 11.4. The highest BCUT2D eigenvalue weighted by Crippen LogP contribution is 2.61. The molecule has 13 aromatic carbocycles. The van der Waals surface area contributed by atoms with E-state index in [9.17, 15) is 0 Å². The highest BCUT2D eigenvalue weighted by atomic mass is 16.7. The van der Waals surface area contributed by atoms with Crippen LogP contribution < -0.4 is 5.46 Å². The number of aryl methyl sites for hydroxylation is 6. The first-order valence-electron chi connectivity index (χ1n) is 39.1. The molecule has 0 bridgehead atoms. The Hall–Kier alpha value is -12.5. The number of fused-ring (bicyclic) bond motifs is 10. The molecule has 1 saturated heterocycles. The molecule has 1 aliphatic heterocycles. The standard InChI is InChI=1S/C72H52N4.C33H33BO2.CH4/c1-45-19-29-51(30-20-45)71(52-31-21-46(2)22-32-52)61-15-7-5-13-57(61)59-37-27-49(43-63(59)71)55-39-40-56(68-67(55)75-69(65-17-9-11-41-73-65)70(76-68)66-18-10-12-42-74-66)50-28-38-60-58-14-6-8-16-62(58)72(64(60)44-50,53-33-23-47(3)24-34-53)54-35-25-48(4)26-36-54;1-22-11-15-24(16-12-22)33(25-17-13-23(2)14-18-25)29-10-8-7-9-27(29)28-20-19-26(21-30(28)33)34-35-31(3,4)32(5,6)36-34;/h5-44H,1-4H3;7-21H,1-6H3;1H4. The van der Waals surface area contributed by atoms with Gasteiger partial charge in [-0.2, -0.15) is 0 Å². The summed E-state index contributed by atoms with van der Waals surface area (Å²) < 4.78 is 13.0. The van der Waals surface area contributed by atoms with Crippen LogP contribution in [0.5, 0.6) is 0 Å². The number of hydrogen-bond donors (Lipinski definition) is 0. The van der Waals surface area contributed by atoms with E-state index in [0.29, 0.717) is 11.4 Å². The maximum atomic E-state index is 6.48. The normalized spacial score (nSPS) is 15.0. The Morgan fingerprint density at radius 2 is 0.522 bits per heavy atom. The second-order valence-electron chi connectivity index (χ2n) is 32.2. The molecule has 0 amide bonds. The summed E-state index contributed by atoms with van der Waals surface area (Å²) in [5.41, 5.74) is 37.2. The fraction of sp³-hybridized carbons (Fsp3) is 0.151. The van der Waals surface area contributed by atoms with E-state index in [4.69, 9.17) is 29.2 Å². The van der Waals surface area contributed by atoms with Gasteiger partial charge in [0, 0.05) is 23.5 Å². The number of rotatable bonds is 11. The van der Waals surface area contributed by atoms with Crippen LogP contribution in [0.25, 0.3) is 89.4 Å². The molecule has 0 radical (unpaired) electrons. The first-order chi connectivity index (χ1) is 54.4. The maximum Gasteiger partial charge on any atom is 0.494 e. The Labute approximate surface area is 665 Å². The van der Waals surface area contributed by atoms with E-state index < -0.39 is 23.4 Å². The Bertz CT molecular complexity index is 5920. The summed E-state index contributed by atoms with van der Waals surface area (Å²) in [5, 5.41) is 0. The van der Waals surface area contributed by atoms with Crippen molar-refractivity contribution < 1.29 is 9.31 Å². The third-order valence-electron chi connectivity index (χ3n) is 24.9. The van der Waals surface area contributed by atoms with Crippen molar-refractivity contribution >= 4 is 23.6 Å². The molecule has 113 heavy (non-hydrogen) atoms. The van der Waals surface area contributed by atoms with E-state index in [1.54, 1.807) is 0 Å². The Balaban J connectivity index is 0.000000201. The first kappa shape index (κ1) is 72.1. The lowest BCUT2D eigenvalue weighted by Crippen LogP contribution is -2.41. The molecule has 0 spiro atoms. The van der Waals surface area contributed by atoms with Gasteiger partial charge in [0.05, 0.1) is 49.9 Å². The summed E-state index contributed by atoms with van der Waals surface area (Å²) in [7, 11) is -0.405. The minimum atomic E-state index is -0.584. The van der Waals surface area contributed by atoms with Crippen LogP contribution in [0.15, 0.2) is 334 Å². The van der Waals surface area contributed by atoms with Crippen molar-refractivity contribution in [3.63, 3.8) is 0 Å². The predicted molar refractivity (Wildman–Crippen MR) is 466 cm³/mol. The van der Waals surface area contributed by atoms with Crippen molar-refractivity contribution in [1.29, 1.82) is 0 Å². The van der Waals surface area contributed by atoms with E-state index in [0.717, 1.165) is 50.1 Å². The average molecular weight is 1460 g/mol. The number of hydrogen-bond acceptors (Lipinski definition) is 6. The molecule has 0 N–H and O–H groups in total. The van der Waals surface area contributed by atoms with Crippen molar-refractivity contribution in [3.05, 3.63) is 434 Å². The molecule has 0 unspecified atom stereocenters. The van der Waals surface area contributed by atoms with Crippen LogP contribution in [-0.4, -0.2) is 38.3 Å². The molecule has 6 nitrogen and oxygen atoms in total. The van der Waals surface area contributed by atoms with Gasteiger partial charge in [-0.25, -0.2) is 9.97 Å². The summed E-state index contributed by atoms with van der Waals surface area (Å²) in [6.45, 7) is 21.4. The van der Waals surface area contributed by atoms with Gasteiger partial charge >= 0.3 is 7.12 Å². The average Bonchev–Trinajstić information content (AvgIpc) is 1.56. The molecule has 7 heteroatoms. The summed E-state index contributed by atoms with van der Waals surface area (Å²) in [4.78, 5) is 21.4. The summed E-state index contributed by atoms with van der Waals surface area (Å²) in [6.07, 6.45) is 3.65. The molecule has 3 aliphatic carbocycles. The SMILES string of the molecule is C.Cc1ccc(C2(c3ccc(C)cc3)c3ccccc3-c3ccc(-c4ccc(-c5ccc6c(c5)C(c5ccc(C)cc5)(c5ccc(C)cc5)c5ccccc5-6)c5nc(-c6ccccn6)c(-c6ccccn6)nc45)cc32)cc1.Cc1ccc(C2(c3ccc(C)cc3)c3ccccc3-c3ccc(B4OC(C)(C)C(C)(C)O4)cc32)cc1. The quantitative estimate of drug-likeness (QED) is 0.120. The van der Waals surface area contributed by atoms with Crippen molar-refractivity contribution in [2.75, 3.05) is 0 Å². The topological polar surface area (TPSA) is 70.0 Å². The van der Waals surface area contributed by atoms with Crippen LogP contribution in [0.1, 0.15) is 135 Å². The number of nitrogens with zero attached hydrogens (tertiary/aromatic N) is 4. The van der Waals surface area contributed by atoms with Gasteiger partial charge in [-0.05, 0) is 222 Å². The van der Waals surface area contributed by atoms with Crippen LogP contribution in [0.2, 0.25) is 0 Å². The number of pyridine rings is 2. The number of benzene rings is 13. The summed E-state index contributed by atoms with van der Waals surface area (Å²) >= 11 is 0. The van der Waals surface area contributed by atoms with E-state index in [1.165, 1.54) is 134 Å². The molecule has 548 valence electrons. The van der Waals surface area contributed by atoms with Gasteiger partial charge in [0.1, 0.15) is 11.4 Å². The molecule has 16 aromatic rings. The van der Waals surface area contributed by atoms with Crippen LogP contribution in [0.4, 0.5) is 0 Å². The van der Waals surface area contributed by atoms with Gasteiger partial charge in [-0.3, -0.25) is 9.97 Å². The molecule has 0 atom stereocenters. The van der Waals surface area contributed by atoms with E-state index >= 15 is 0 Å². The van der Waals surface area contributed by atoms with E-state index in [1.807, 2.05) is 48.8 Å². The van der Waals surface area contributed by atoms with Crippen molar-refractivity contribution in [3.8, 4) is 78.4 Å². The zero-order valence-electron chi connectivity index (χ0n) is 64.9. The second kappa shape index (κ2) is 27.7. The monoisotopic (exact) mass is 1460 g/mol. The van der Waals surface area contributed by atoms with Gasteiger partial charge in [-0.15, -0.1) is 0 Å². The van der Waals surface area contributed by atoms with Crippen molar-refractivity contribution in [2.24, 2.45) is 0 Å². The fourth-order valence-electron chi connectivity index (χ4n) is 18.5. The molecular weight excluding hydrogens is 1370 g/mol. The largest absolute Gasteiger partial charge is 0.494 e. The summed E-state index contributed by atoms with van der Waals surface area (Å²) in [5.74, 6) is 0. The van der Waals surface area contributed by atoms with Crippen molar-refractivity contribution in [1.82, 2.24) is 19.9 Å². The molecular formula is C106H89BN4O2. The van der Waals surface area contributed by atoms with Crippen LogP contribution >= 0.6 is 0 Å². The van der Waals surface area contributed by atoms with Gasteiger partial charge in [0.25, 0.3) is 0 Å². The van der Waals surface area contributed by atoms with Crippen LogP contribution in [0, 0.1) is 41.5 Å². The van der Waals surface area contributed by atoms with E-state index in [-0.39, 0.29) is 18.6 Å². The Morgan fingerprint density at radius 3 is 0.823 bits per heavy atom. The fourth-order valence-corrected chi connectivity index (χ4v) is 18.5. The molecule has 20 rings (SSSR count).